The molecule has 4 rings (SSSR count). The van der Waals surface area contributed by atoms with E-state index in [9.17, 15) is 19.5 Å². The number of carbonyl (C=O) groups excluding carboxylic acids is 3. The van der Waals surface area contributed by atoms with E-state index in [0.717, 1.165) is 18.8 Å². The van der Waals surface area contributed by atoms with E-state index in [1.54, 1.807) is 6.92 Å². The Balaban J connectivity index is 1.65. The number of fused-ring (bicyclic) bond motifs is 1. The van der Waals surface area contributed by atoms with Crippen molar-refractivity contribution in [1.82, 2.24) is 4.90 Å². The Morgan fingerprint density at radius 2 is 1.91 bits per heavy atom. The van der Waals surface area contributed by atoms with Crippen molar-refractivity contribution in [1.29, 1.82) is 0 Å². The molecule has 1 spiro atoms. The number of likely N-dealkylation sites (tertiary alicyclic amines) is 1. The van der Waals surface area contributed by atoms with E-state index in [1.165, 1.54) is 4.90 Å². The van der Waals surface area contributed by atoms with Crippen molar-refractivity contribution >= 4 is 29.2 Å². The second-order valence-electron chi connectivity index (χ2n) is 9.51. The Morgan fingerprint density at radius 3 is 2.49 bits per heavy atom. The molecule has 1 aromatic rings. The molecule has 3 heterocycles. The van der Waals surface area contributed by atoms with Crippen molar-refractivity contribution in [2.24, 2.45) is 11.8 Å². The molecule has 9 nitrogen and oxygen atoms in total. The summed E-state index contributed by atoms with van der Waals surface area (Å²) in [5.74, 6) is -2.66. The van der Waals surface area contributed by atoms with Gasteiger partial charge in [0.05, 0.1) is 37.2 Å². The fourth-order valence-corrected chi connectivity index (χ4v) is 6.26. The molecule has 35 heavy (non-hydrogen) atoms. The van der Waals surface area contributed by atoms with E-state index in [1.807, 2.05) is 31.2 Å². The fourth-order valence-electron chi connectivity index (χ4n) is 6.26. The van der Waals surface area contributed by atoms with Crippen LogP contribution in [-0.2, 0) is 23.9 Å². The van der Waals surface area contributed by atoms with Gasteiger partial charge in [0.15, 0.2) is 0 Å². The van der Waals surface area contributed by atoms with E-state index in [4.69, 9.17) is 9.47 Å². The number of amides is 2. The summed E-state index contributed by atoms with van der Waals surface area (Å²) in [7, 11) is 0. The second-order valence-corrected chi connectivity index (χ2v) is 9.51. The zero-order valence-electron chi connectivity index (χ0n) is 21.0. The highest BCUT2D eigenvalue weighted by molar-refractivity contribution is 6.03. The number of aliphatic hydroxyl groups is 1. The van der Waals surface area contributed by atoms with Crippen LogP contribution in [0, 0.1) is 11.8 Å². The molecule has 2 N–H and O–H groups in total. The first-order chi connectivity index (χ1) is 16.9. The number of hydrogen-bond donors (Lipinski definition) is 2. The minimum absolute atomic E-state index is 0.210. The molecular formula is C26H37N3O6. The highest BCUT2D eigenvalue weighted by atomic mass is 16.6. The predicted octanol–water partition coefficient (Wildman–Crippen LogP) is 2.18. The number of nitrogens with zero attached hydrogens (tertiary/aromatic N) is 2. The summed E-state index contributed by atoms with van der Waals surface area (Å²) in [5.41, 5.74) is 0.572. The van der Waals surface area contributed by atoms with Gasteiger partial charge >= 0.3 is 5.97 Å². The van der Waals surface area contributed by atoms with E-state index >= 15 is 0 Å². The standard InChI is InChI=1S/C26H37N3O6/c1-5-17(15-30)29-22(23(31)27-16-9-11-18(12-10-16)28(6-2)7-3)26-14-13-19(35-26)20(21(26)24(29)32)25(33)34-8-4/h9-12,17,19-22,30H,5-8,13-15H2,1-4H3,(H,27,31)/t17-,19-,20+,21-,22?,26?/m0/s1. The van der Waals surface area contributed by atoms with Crippen LogP contribution in [0.15, 0.2) is 24.3 Å². The lowest BCUT2D eigenvalue weighted by Crippen LogP contribution is -2.56. The zero-order valence-corrected chi connectivity index (χ0v) is 21.0. The van der Waals surface area contributed by atoms with Crippen molar-refractivity contribution in [3.8, 4) is 0 Å². The van der Waals surface area contributed by atoms with Gasteiger partial charge < -0.3 is 29.7 Å². The van der Waals surface area contributed by atoms with Crippen LogP contribution < -0.4 is 10.2 Å². The molecule has 2 amide bonds. The molecule has 0 aliphatic carbocycles. The summed E-state index contributed by atoms with van der Waals surface area (Å²) in [5, 5.41) is 13.0. The van der Waals surface area contributed by atoms with Gasteiger partial charge in [-0.3, -0.25) is 14.4 Å². The molecule has 0 saturated carbocycles. The lowest BCUT2D eigenvalue weighted by atomic mass is 9.70. The Hall–Kier alpha value is -2.65. The molecule has 9 heteroatoms. The van der Waals surface area contributed by atoms with Gasteiger partial charge in [-0.2, -0.15) is 0 Å². The SMILES string of the molecule is CCOC(=O)[C@@H]1[C@@H]2CCC3(O2)C(C(=O)Nc2ccc(N(CC)CC)cc2)N([C@@H](CC)CO)C(=O)[C@H]13. The van der Waals surface area contributed by atoms with Crippen LogP contribution in [0.2, 0.25) is 0 Å². The first-order valence-electron chi connectivity index (χ1n) is 12.8. The average Bonchev–Trinajstić information content (AvgIpc) is 3.50. The Labute approximate surface area is 206 Å². The molecule has 0 aromatic heterocycles. The number of carbonyl (C=O) groups is 3. The Bertz CT molecular complexity index is 945. The highest BCUT2D eigenvalue weighted by Gasteiger charge is 2.75. The minimum atomic E-state index is -1.10. The molecular weight excluding hydrogens is 450 g/mol. The highest BCUT2D eigenvalue weighted by Crippen LogP contribution is 2.59. The number of nitrogens with one attached hydrogen (secondary N) is 1. The van der Waals surface area contributed by atoms with Crippen molar-refractivity contribution in [2.45, 2.75) is 70.7 Å². The third kappa shape index (κ3) is 4.08. The second kappa shape index (κ2) is 10.1. The number of benzene rings is 1. The lowest BCUT2D eigenvalue weighted by molar-refractivity contribution is -0.155. The quantitative estimate of drug-likeness (QED) is 0.487. The van der Waals surface area contributed by atoms with Crippen LogP contribution in [0.1, 0.15) is 47.0 Å². The maximum atomic E-state index is 13.8. The number of anilines is 2. The third-order valence-electron chi connectivity index (χ3n) is 7.88. The van der Waals surface area contributed by atoms with Crippen LogP contribution in [0.4, 0.5) is 11.4 Å². The fraction of sp³-hybridized carbons (Fsp3) is 0.654. The van der Waals surface area contributed by atoms with Crippen molar-refractivity contribution in [3.63, 3.8) is 0 Å². The number of aliphatic hydroxyl groups excluding tert-OH is 1. The van der Waals surface area contributed by atoms with Crippen molar-refractivity contribution in [3.05, 3.63) is 24.3 Å². The zero-order chi connectivity index (χ0) is 25.3. The minimum Gasteiger partial charge on any atom is -0.466 e. The Morgan fingerprint density at radius 1 is 1.23 bits per heavy atom. The molecule has 2 unspecified atom stereocenters. The van der Waals surface area contributed by atoms with Gasteiger partial charge in [-0.1, -0.05) is 6.92 Å². The molecule has 0 radical (unpaired) electrons. The van der Waals surface area contributed by atoms with Crippen LogP contribution in [0.3, 0.4) is 0 Å². The van der Waals surface area contributed by atoms with E-state index in [0.29, 0.717) is 24.9 Å². The number of hydrogen-bond acceptors (Lipinski definition) is 7. The monoisotopic (exact) mass is 487 g/mol. The van der Waals surface area contributed by atoms with Crippen LogP contribution in [-0.4, -0.2) is 77.9 Å². The van der Waals surface area contributed by atoms with Crippen molar-refractivity contribution < 1.29 is 29.0 Å². The maximum absolute atomic E-state index is 13.8. The van der Waals surface area contributed by atoms with Gasteiger partial charge in [0, 0.05) is 24.5 Å². The summed E-state index contributed by atoms with van der Waals surface area (Å²) in [6.07, 6.45) is 1.12. The van der Waals surface area contributed by atoms with Crippen molar-refractivity contribution in [2.75, 3.05) is 36.5 Å². The molecule has 2 bridgehead atoms. The predicted molar refractivity (Wildman–Crippen MR) is 131 cm³/mol. The molecule has 192 valence electrons. The summed E-state index contributed by atoms with van der Waals surface area (Å²) in [6, 6.07) is 6.12. The van der Waals surface area contributed by atoms with Gasteiger partial charge in [-0.05, 0) is 64.3 Å². The Kier molecular flexibility index (Phi) is 7.38. The molecule has 6 atom stereocenters. The first kappa shape index (κ1) is 25.4. The smallest absolute Gasteiger partial charge is 0.312 e. The van der Waals surface area contributed by atoms with E-state index in [-0.39, 0.29) is 25.0 Å². The van der Waals surface area contributed by atoms with Gasteiger partial charge in [-0.15, -0.1) is 0 Å². The number of esters is 1. The van der Waals surface area contributed by atoms with E-state index in [2.05, 4.69) is 24.1 Å². The topological polar surface area (TPSA) is 108 Å². The average molecular weight is 488 g/mol. The summed E-state index contributed by atoms with van der Waals surface area (Å²) in [4.78, 5) is 44.0. The third-order valence-corrected chi connectivity index (χ3v) is 7.88. The van der Waals surface area contributed by atoms with Gasteiger partial charge in [0.25, 0.3) is 0 Å². The first-order valence-corrected chi connectivity index (χ1v) is 12.8. The van der Waals surface area contributed by atoms with Crippen LogP contribution in [0.25, 0.3) is 0 Å². The molecule has 3 fully saturated rings. The number of rotatable bonds is 10. The summed E-state index contributed by atoms with van der Waals surface area (Å²) in [6.45, 7) is 9.46. The molecule has 3 aliphatic heterocycles. The van der Waals surface area contributed by atoms with Crippen LogP contribution >= 0.6 is 0 Å². The van der Waals surface area contributed by atoms with Crippen LogP contribution in [0.5, 0.6) is 0 Å². The normalized spacial score (nSPS) is 29.7. The lowest BCUT2D eigenvalue weighted by Gasteiger charge is -2.36. The maximum Gasteiger partial charge on any atom is 0.312 e. The van der Waals surface area contributed by atoms with Gasteiger partial charge in [0.2, 0.25) is 11.8 Å². The molecule has 1 aromatic carbocycles. The summed E-state index contributed by atoms with van der Waals surface area (Å²) < 4.78 is 11.6. The van der Waals surface area contributed by atoms with Gasteiger partial charge in [-0.25, -0.2) is 0 Å². The largest absolute Gasteiger partial charge is 0.466 e. The van der Waals surface area contributed by atoms with E-state index < -0.39 is 41.6 Å². The van der Waals surface area contributed by atoms with Gasteiger partial charge in [0.1, 0.15) is 11.6 Å². The molecule has 3 saturated heterocycles. The molecule has 3 aliphatic rings. The number of ether oxygens (including phenoxy) is 2. The summed E-state index contributed by atoms with van der Waals surface area (Å²) >= 11 is 0.